The molecule has 0 aliphatic carbocycles. The van der Waals surface area contributed by atoms with Crippen LogP contribution in [0.1, 0.15) is 18.4 Å². The van der Waals surface area contributed by atoms with Crippen LogP contribution in [-0.4, -0.2) is 60.2 Å². The summed E-state index contributed by atoms with van der Waals surface area (Å²) in [6.45, 7) is 9.97. The Labute approximate surface area is 140 Å². The summed E-state index contributed by atoms with van der Waals surface area (Å²) in [6, 6.07) is 2.08. The van der Waals surface area contributed by atoms with E-state index < -0.39 is 0 Å². The van der Waals surface area contributed by atoms with E-state index in [9.17, 15) is 0 Å². The molecule has 24 heavy (non-hydrogen) atoms. The topological polar surface area (TPSA) is 67.4 Å². The lowest BCUT2D eigenvalue weighted by Crippen LogP contribution is -2.47. The van der Waals surface area contributed by atoms with Gasteiger partial charge in [-0.3, -0.25) is 4.90 Å². The van der Waals surface area contributed by atoms with Gasteiger partial charge in [-0.15, -0.1) is 0 Å². The van der Waals surface area contributed by atoms with Gasteiger partial charge in [0.1, 0.15) is 18.0 Å². The summed E-state index contributed by atoms with van der Waals surface area (Å²) in [5, 5.41) is 4.31. The lowest BCUT2D eigenvalue weighted by Gasteiger charge is -2.35. The van der Waals surface area contributed by atoms with Crippen LogP contribution in [0.2, 0.25) is 0 Å². The van der Waals surface area contributed by atoms with Crippen molar-refractivity contribution in [2.24, 2.45) is 0 Å². The molecule has 1 fully saturated rings. The minimum absolute atomic E-state index is 0.664. The van der Waals surface area contributed by atoms with Crippen molar-refractivity contribution in [2.45, 2.75) is 26.9 Å². The number of hydrogen-bond acceptors (Lipinski definition) is 6. The van der Waals surface area contributed by atoms with Crippen molar-refractivity contribution < 1.29 is 0 Å². The standard InChI is InChI=1S/C16H22N8/c1-3-22-5-4-17-14(22)11-21-6-8-23(9-7-21)15-10-13(2)20-16-18-12-19-24(15)16/h4-5,10,12H,3,6-9,11H2,1-2H3. The summed E-state index contributed by atoms with van der Waals surface area (Å²) >= 11 is 0. The normalized spacial score (nSPS) is 16.2. The summed E-state index contributed by atoms with van der Waals surface area (Å²) in [5.41, 5.74) is 0.970. The predicted octanol–water partition coefficient (Wildman–Crippen LogP) is 0.971. The summed E-state index contributed by atoms with van der Waals surface area (Å²) in [6.07, 6.45) is 5.50. The van der Waals surface area contributed by atoms with E-state index in [4.69, 9.17) is 0 Å². The minimum Gasteiger partial charge on any atom is -0.354 e. The molecule has 1 aliphatic rings. The molecule has 1 saturated heterocycles. The molecule has 0 atom stereocenters. The van der Waals surface area contributed by atoms with E-state index >= 15 is 0 Å². The predicted molar refractivity (Wildman–Crippen MR) is 90.9 cm³/mol. The largest absolute Gasteiger partial charge is 0.354 e. The molecule has 0 spiro atoms. The Morgan fingerprint density at radius 3 is 2.75 bits per heavy atom. The number of fused-ring (bicyclic) bond motifs is 1. The molecule has 3 aromatic heterocycles. The SMILES string of the molecule is CCn1ccnc1CN1CCN(c2cc(C)nc3ncnn23)CC1. The van der Waals surface area contributed by atoms with Gasteiger partial charge < -0.3 is 9.47 Å². The molecule has 0 N–H and O–H groups in total. The van der Waals surface area contributed by atoms with Gasteiger partial charge >= 0.3 is 0 Å². The van der Waals surface area contributed by atoms with Crippen LogP contribution in [0.15, 0.2) is 24.8 Å². The van der Waals surface area contributed by atoms with E-state index in [1.165, 1.54) is 0 Å². The van der Waals surface area contributed by atoms with Gasteiger partial charge in [0.25, 0.3) is 5.78 Å². The summed E-state index contributed by atoms with van der Waals surface area (Å²) in [5.74, 6) is 2.88. The Morgan fingerprint density at radius 2 is 1.96 bits per heavy atom. The van der Waals surface area contributed by atoms with Crippen molar-refractivity contribution in [3.05, 3.63) is 36.3 Å². The van der Waals surface area contributed by atoms with Crippen LogP contribution in [-0.2, 0) is 13.1 Å². The summed E-state index contributed by atoms with van der Waals surface area (Å²) in [4.78, 5) is 17.9. The van der Waals surface area contributed by atoms with Crippen molar-refractivity contribution in [1.29, 1.82) is 0 Å². The number of piperazine rings is 1. The zero-order valence-electron chi connectivity index (χ0n) is 14.1. The van der Waals surface area contributed by atoms with Crippen LogP contribution >= 0.6 is 0 Å². The van der Waals surface area contributed by atoms with Gasteiger partial charge in [-0.1, -0.05) is 0 Å². The number of aryl methyl sites for hydroxylation is 2. The van der Waals surface area contributed by atoms with Gasteiger partial charge in [0.15, 0.2) is 0 Å². The minimum atomic E-state index is 0.664. The average molecular weight is 326 g/mol. The third kappa shape index (κ3) is 2.73. The van der Waals surface area contributed by atoms with Crippen LogP contribution in [0.4, 0.5) is 5.82 Å². The second-order valence-corrected chi connectivity index (χ2v) is 6.12. The third-order valence-electron chi connectivity index (χ3n) is 4.56. The number of imidazole rings is 1. The van der Waals surface area contributed by atoms with Gasteiger partial charge in [-0.25, -0.2) is 9.97 Å². The molecule has 0 radical (unpaired) electrons. The summed E-state index contributed by atoms with van der Waals surface area (Å²) in [7, 11) is 0. The first-order valence-electron chi connectivity index (χ1n) is 8.39. The molecule has 1 aliphatic heterocycles. The number of anilines is 1. The van der Waals surface area contributed by atoms with Gasteiger partial charge in [0.2, 0.25) is 0 Å². The van der Waals surface area contributed by atoms with Crippen LogP contribution in [0.3, 0.4) is 0 Å². The number of hydrogen-bond donors (Lipinski definition) is 0. The first-order chi connectivity index (χ1) is 11.7. The van der Waals surface area contributed by atoms with Gasteiger partial charge in [-0.05, 0) is 13.8 Å². The zero-order chi connectivity index (χ0) is 16.5. The van der Waals surface area contributed by atoms with Crippen LogP contribution in [0.25, 0.3) is 5.78 Å². The van der Waals surface area contributed by atoms with E-state index in [2.05, 4.69) is 47.4 Å². The highest BCUT2D eigenvalue weighted by atomic mass is 15.4. The van der Waals surface area contributed by atoms with E-state index in [0.29, 0.717) is 5.78 Å². The van der Waals surface area contributed by atoms with Crippen molar-refractivity contribution in [3.8, 4) is 0 Å². The van der Waals surface area contributed by atoms with Crippen LogP contribution in [0, 0.1) is 6.92 Å². The second-order valence-electron chi connectivity index (χ2n) is 6.12. The Bertz CT molecular complexity index is 828. The van der Waals surface area contributed by atoms with Gasteiger partial charge in [-0.2, -0.15) is 14.6 Å². The van der Waals surface area contributed by atoms with E-state index in [1.807, 2.05) is 23.8 Å². The highest BCUT2D eigenvalue weighted by molar-refractivity contribution is 5.47. The molecular formula is C16H22N8. The third-order valence-corrected chi connectivity index (χ3v) is 4.56. The van der Waals surface area contributed by atoms with E-state index in [0.717, 1.165) is 56.6 Å². The molecule has 0 bridgehead atoms. The van der Waals surface area contributed by atoms with Crippen molar-refractivity contribution >= 4 is 11.6 Å². The average Bonchev–Trinajstić information content (AvgIpc) is 3.23. The molecule has 126 valence electrons. The molecule has 0 unspecified atom stereocenters. The molecule has 3 aromatic rings. The smallest absolute Gasteiger partial charge is 0.254 e. The Kier molecular flexibility index (Phi) is 3.89. The van der Waals surface area contributed by atoms with Crippen LogP contribution < -0.4 is 4.90 Å². The lowest BCUT2D eigenvalue weighted by molar-refractivity contribution is 0.240. The van der Waals surface area contributed by atoms with Crippen molar-refractivity contribution in [2.75, 3.05) is 31.1 Å². The Hall–Kier alpha value is -2.48. The summed E-state index contributed by atoms with van der Waals surface area (Å²) < 4.78 is 4.03. The molecule has 4 heterocycles. The first kappa shape index (κ1) is 15.1. The highest BCUT2D eigenvalue weighted by Crippen LogP contribution is 2.18. The quantitative estimate of drug-likeness (QED) is 0.712. The number of aromatic nitrogens is 6. The van der Waals surface area contributed by atoms with Gasteiger partial charge in [0.05, 0.1) is 6.54 Å². The molecule has 4 rings (SSSR count). The second kappa shape index (κ2) is 6.20. The highest BCUT2D eigenvalue weighted by Gasteiger charge is 2.21. The Morgan fingerprint density at radius 1 is 1.12 bits per heavy atom. The monoisotopic (exact) mass is 326 g/mol. The van der Waals surface area contributed by atoms with Crippen molar-refractivity contribution in [3.63, 3.8) is 0 Å². The molecule has 8 nitrogen and oxygen atoms in total. The maximum atomic E-state index is 4.48. The molecule has 8 heteroatoms. The number of rotatable bonds is 4. The fourth-order valence-electron chi connectivity index (χ4n) is 3.25. The van der Waals surface area contributed by atoms with E-state index in [1.54, 1.807) is 6.33 Å². The first-order valence-corrected chi connectivity index (χ1v) is 8.39. The zero-order valence-corrected chi connectivity index (χ0v) is 14.1. The maximum Gasteiger partial charge on any atom is 0.254 e. The molecule has 0 amide bonds. The molecule has 0 aromatic carbocycles. The fourth-order valence-corrected chi connectivity index (χ4v) is 3.25. The maximum absolute atomic E-state index is 4.48. The van der Waals surface area contributed by atoms with Gasteiger partial charge in [0, 0.05) is 56.9 Å². The molecular weight excluding hydrogens is 304 g/mol. The number of nitrogens with zero attached hydrogens (tertiary/aromatic N) is 8. The fraction of sp³-hybridized carbons (Fsp3) is 0.500. The van der Waals surface area contributed by atoms with E-state index in [-0.39, 0.29) is 0 Å². The van der Waals surface area contributed by atoms with Crippen molar-refractivity contribution in [1.82, 2.24) is 34.0 Å². The Balaban J connectivity index is 1.47. The van der Waals surface area contributed by atoms with Crippen LogP contribution in [0.5, 0.6) is 0 Å². The lowest BCUT2D eigenvalue weighted by atomic mass is 10.3. The molecule has 0 saturated carbocycles.